The van der Waals surface area contributed by atoms with Crippen LogP contribution in [0.5, 0.6) is 0 Å². The Morgan fingerprint density at radius 2 is 2.19 bits per heavy atom. The molecule has 1 aliphatic rings. The molecule has 3 rings (SSSR count). The van der Waals surface area contributed by atoms with Gasteiger partial charge in [-0.2, -0.15) is 0 Å². The van der Waals surface area contributed by atoms with Gasteiger partial charge in [-0.1, -0.05) is 6.07 Å². The van der Waals surface area contributed by atoms with E-state index in [2.05, 4.69) is 45.7 Å². The number of aromatic nitrogens is 3. The number of rotatable bonds is 1. The van der Waals surface area contributed by atoms with E-state index in [1.165, 1.54) is 18.4 Å². The van der Waals surface area contributed by atoms with Gasteiger partial charge in [-0.25, -0.2) is 0 Å². The van der Waals surface area contributed by atoms with Gasteiger partial charge in [-0.15, -0.1) is 10.2 Å². The van der Waals surface area contributed by atoms with Gasteiger partial charge in [-0.3, -0.25) is 9.30 Å². The molecule has 1 unspecified atom stereocenters. The maximum absolute atomic E-state index is 4.34. The SMILES string of the molecule is Cc1ccc2nnc(C3CCCN3C)n2c1. The van der Waals surface area contributed by atoms with Gasteiger partial charge in [0.1, 0.15) is 0 Å². The standard InChI is InChI=1S/C12H16N4/c1-9-5-6-11-13-14-12(16(11)8-9)10-4-3-7-15(10)2/h5-6,8,10H,3-4,7H2,1-2H3. The molecule has 1 atom stereocenters. The van der Waals surface area contributed by atoms with Gasteiger partial charge in [0, 0.05) is 6.20 Å². The molecular weight excluding hydrogens is 200 g/mol. The third-order valence-corrected chi connectivity index (χ3v) is 3.40. The smallest absolute Gasteiger partial charge is 0.160 e. The van der Waals surface area contributed by atoms with Gasteiger partial charge in [0.05, 0.1) is 6.04 Å². The molecule has 1 aliphatic heterocycles. The molecule has 2 aromatic heterocycles. The van der Waals surface area contributed by atoms with Crippen molar-refractivity contribution in [2.45, 2.75) is 25.8 Å². The first-order chi connectivity index (χ1) is 7.75. The predicted molar refractivity (Wildman–Crippen MR) is 62.3 cm³/mol. The van der Waals surface area contributed by atoms with Crippen molar-refractivity contribution in [1.29, 1.82) is 0 Å². The minimum absolute atomic E-state index is 0.428. The molecule has 2 aromatic rings. The molecule has 1 saturated heterocycles. The number of hydrogen-bond donors (Lipinski definition) is 0. The topological polar surface area (TPSA) is 33.4 Å². The van der Waals surface area contributed by atoms with Crippen molar-refractivity contribution in [1.82, 2.24) is 19.5 Å². The molecule has 0 aliphatic carbocycles. The Hall–Kier alpha value is -1.42. The number of likely N-dealkylation sites (tertiary alicyclic amines) is 1. The summed E-state index contributed by atoms with van der Waals surface area (Å²) in [5.74, 6) is 1.08. The van der Waals surface area contributed by atoms with Crippen LogP contribution >= 0.6 is 0 Å². The summed E-state index contributed by atoms with van der Waals surface area (Å²) in [6, 6.07) is 4.53. The molecule has 16 heavy (non-hydrogen) atoms. The van der Waals surface area contributed by atoms with Crippen LogP contribution in [0.2, 0.25) is 0 Å². The molecule has 4 heteroatoms. The zero-order valence-electron chi connectivity index (χ0n) is 9.72. The van der Waals surface area contributed by atoms with Gasteiger partial charge in [0.25, 0.3) is 0 Å². The van der Waals surface area contributed by atoms with Gasteiger partial charge in [0.2, 0.25) is 0 Å². The fourth-order valence-corrected chi connectivity index (χ4v) is 2.48. The minimum Gasteiger partial charge on any atom is -0.296 e. The fraction of sp³-hybridized carbons (Fsp3) is 0.500. The highest BCUT2D eigenvalue weighted by Crippen LogP contribution is 2.29. The zero-order valence-corrected chi connectivity index (χ0v) is 9.72. The molecule has 4 nitrogen and oxygen atoms in total. The van der Waals surface area contributed by atoms with Crippen molar-refractivity contribution in [3.63, 3.8) is 0 Å². The molecule has 0 N–H and O–H groups in total. The second-order valence-electron chi connectivity index (χ2n) is 4.63. The van der Waals surface area contributed by atoms with E-state index in [9.17, 15) is 0 Å². The van der Waals surface area contributed by atoms with Crippen molar-refractivity contribution in [2.24, 2.45) is 0 Å². The Balaban J connectivity index is 2.12. The molecule has 0 radical (unpaired) electrons. The third kappa shape index (κ3) is 1.41. The quantitative estimate of drug-likeness (QED) is 0.729. The Labute approximate surface area is 94.9 Å². The van der Waals surface area contributed by atoms with Crippen LogP contribution in [0.4, 0.5) is 0 Å². The summed E-state index contributed by atoms with van der Waals surface area (Å²) < 4.78 is 2.13. The lowest BCUT2D eigenvalue weighted by atomic mass is 10.2. The van der Waals surface area contributed by atoms with E-state index >= 15 is 0 Å². The van der Waals surface area contributed by atoms with Crippen LogP contribution in [0, 0.1) is 6.92 Å². The van der Waals surface area contributed by atoms with E-state index in [-0.39, 0.29) is 0 Å². The Bertz CT molecular complexity index is 517. The predicted octanol–water partition coefficient (Wildman–Crippen LogP) is 1.80. The van der Waals surface area contributed by atoms with Crippen molar-refractivity contribution in [3.05, 3.63) is 29.7 Å². The average Bonchev–Trinajstić information content (AvgIpc) is 2.83. The van der Waals surface area contributed by atoms with E-state index in [1.54, 1.807) is 0 Å². The van der Waals surface area contributed by atoms with E-state index in [0.29, 0.717) is 6.04 Å². The molecule has 0 saturated carbocycles. The lowest BCUT2D eigenvalue weighted by molar-refractivity contribution is 0.304. The molecule has 3 heterocycles. The highest BCUT2D eigenvalue weighted by molar-refractivity contribution is 5.39. The van der Waals surface area contributed by atoms with Crippen LogP contribution in [0.25, 0.3) is 5.65 Å². The largest absolute Gasteiger partial charge is 0.296 e. The zero-order chi connectivity index (χ0) is 11.1. The van der Waals surface area contributed by atoms with E-state index in [4.69, 9.17) is 0 Å². The van der Waals surface area contributed by atoms with Crippen LogP contribution in [-0.2, 0) is 0 Å². The van der Waals surface area contributed by atoms with Gasteiger partial charge >= 0.3 is 0 Å². The van der Waals surface area contributed by atoms with E-state index < -0.39 is 0 Å². The van der Waals surface area contributed by atoms with Crippen molar-refractivity contribution in [3.8, 4) is 0 Å². The highest BCUT2D eigenvalue weighted by Gasteiger charge is 2.26. The summed E-state index contributed by atoms with van der Waals surface area (Å²) in [6.45, 7) is 3.26. The number of nitrogens with zero attached hydrogens (tertiary/aromatic N) is 4. The lowest BCUT2D eigenvalue weighted by Crippen LogP contribution is -2.19. The maximum atomic E-state index is 4.34. The second kappa shape index (κ2) is 3.56. The molecule has 84 valence electrons. The highest BCUT2D eigenvalue weighted by atomic mass is 15.3. The molecule has 0 amide bonds. The Morgan fingerprint density at radius 3 is 2.94 bits per heavy atom. The lowest BCUT2D eigenvalue weighted by Gasteiger charge is -2.17. The summed E-state index contributed by atoms with van der Waals surface area (Å²) in [4.78, 5) is 2.36. The number of pyridine rings is 1. The van der Waals surface area contributed by atoms with Gasteiger partial charge in [0.15, 0.2) is 11.5 Å². The van der Waals surface area contributed by atoms with Gasteiger partial charge in [-0.05, 0) is 45.0 Å². The monoisotopic (exact) mass is 216 g/mol. The van der Waals surface area contributed by atoms with Crippen LogP contribution < -0.4 is 0 Å². The molecule has 0 spiro atoms. The summed E-state index contributed by atoms with van der Waals surface area (Å²) >= 11 is 0. The second-order valence-corrected chi connectivity index (χ2v) is 4.63. The van der Waals surface area contributed by atoms with Crippen LogP contribution in [0.1, 0.15) is 30.3 Å². The third-order valence-electron chi connectivity index (χ3n) is 3.40. The Morgan fingerprint density at radius 1 is 1.31 bits per heavy atom. The summed E-state index contributed by atoms with van der Waals surface area (Å²) in [7, 11) is 2.16. The first-order valence-corrected chi connectivity index (χ1v) is 5.77. The van der Waals surface area contributed by atoms with Crippen molar-refractivity contribution >= 4 is 5.65 Å². The summed E-state index contributed by atoms with van der Waals surface area (Å²) in [5, 5.41) is 8.57. The summed E-state index contributed by atoms with van der Waals surface area (Å²) in [6.07, 6.45) is 4.56. The normalized spacial score (nSPS) is 22.0. The maximum Gasteiger partial charge on any atom is 0.160 e. The number of hydrogen-bond acceptors (Lipinski definition) is 3. The van der Waals surface area contributed by atoms with Crippen LogP contribution in [0.15, 0.2) is 18.3 Å². The Kier molecular flexibility index (Phi) is 2.17. The molecule has 0 aromatic carbocycles. The van der Waals surface area contributed by atoms with E-state index in [0.717, 1.165) is 18.0 Å². The van der Waals surface area contributed by atoms with E-state index in [1.807, 2.05) is 6.07 Å². The van der Waals surface area contributed by atoms with Gasteiger partial charge < -0.3 is 0 Å². The number of aryl methyl sites for hydroxylation is 1. The van der Waals surface area contributed by atoms with Crippen LogP contribution in [0.3, 0.4) is 0 Å². The molecule has 1 fully saturated rings. The fourth-order valence-electron chi connectivity index (χ4n) is 2.48. The first kappa shape index (κ1) is 9.78. The number of fused-ring (bicyclic) bond motifs is 1. The molecular formula is C12H16N4. The van der Waals surface area contributed by atoms with Crippen LogP contribution in [-0.4, -0.2) is 33.1 Å². The minimum atomic E-state index is 0.428. The first-order valence-electron chi connectivity index (χ1n) is 5.77. The average molecular weight is 216 g/mol. The van der Waals surface area contributed by atoms with Crippen molar-refractivity contribution in [2.75, 3.05) is 13.6 Å². The van der Waals surface area contributed by atoms with Crippen molar-refractivity contribution < 1.29 is 0 Å². The molecule has 0 bridgehead atoms. The summed E-state index contributed by atoms with van der Waals surface area (Å²) in [5.41, 5.74) is 2.19.